The summed E-state index contributed by atoms with van der Waals surface area (Å²) in [6.45, 7) is 4.64. The first kappa shape index (κ1) is 9.68. The summed E-state index contributed by atoms with van der Waals surface area (Å²) in [4.78, 5) is 4.28. The molecule has 0 bridgehead atoms. The smallest absolute Gasteiger partial charge is 0.138 e. The highest BCUT2D eigenvalue weighted by atomic mass is 16.5. The van der Waals surface area contributed by atoms with Crippen LogP contribution in [0.2, 0.25) is 0 Å². The van der Waals surface area contributed by atoms with E-state index in [-0.39, 0.29) is 12.2 Å². The number of rotatable bonds is 2. The van der Waals surface area contributed by atoms with Crippen molar-refractivity contribution in [3.8, 4) is 0 Å². The summed E-state index contributed by atoms with van der Waals surface area (Å²) in [5.41, 5.74) is 0. The Morgan fingerprint density at radius 3 is 3.00 bits per heavy atom. The molecule has 0 radical (unpaired) electrons. The minimum absolute atomic E-state index is 0.0394. The van der Waals surface area contributed by atoms with E-state index < -0.39 is 0 Å². The molecule has 0 spiro atoms. The lowest BCUT2D eigenvalue weighted by Gasteiger charge is -2.15. The summed E-state index contributed by atoms with van der Waals surface area (Å²) in [6.07, 6.45) is 4.01. The summed E-state index contributed by atoms with van der Waals surface area (Å²) >= 11 is 0. The Morgan fingerprint density at radius 1 is 1.64 bits per heavy atom. The molecular weight excluding hydrogens is 180 g/mol. The summed E-state index contributed by atoms with van der Waals surface area (Å²) in [6, 6.07) is 0.383. The van der Waals surface area contributed by atoms with Crippen LogP contribution in [-0.2, 0) is 4.74 Å². The molecule has 1 N–H and O–H groups in total. The molecule has 4 heteroatoms. The van der Waals surface area contributed by atoms with Crippen LogP contribution < -0.4 is 0 Å². The van der Waals surface area contributed by atoms with Crippen LogP contribution in [0.15, 0.2) is 12.4 Å². The Kier molecular flexibility index (Phi) is 2.56. The third-order valence-electron chi connectivity index (χ3n) is 2.52. The van der Waals surface area contributed by atoms with Crippen LogP contribution in [-0.4, -0.2) is 27.4 Å². The highest BCUT2D eigenvalue weighted by molar-refractivity contribution is 5.01. The average Bonchev–Trinajstić information content (AvgIpc) is 2.70. The van der Waals surface area contributed by atoms with Gasteiger partial charge < -0.3 is 14.4 Å². The molecular formula is C10H16N2O2. The molecule has 0 saturated carbocycles. The molecule has 1 saturated heterocycles. The van der Waals surface area contributed by atoms with E-state index in [0.717, 1.165) is 5.82 Å². The van der Waals surface area contributed by atoms with Crippen molar-refractivity contribution < 1.29 is 9.84 Å². The maximum Gasteiger partial charge on any atom is 0.138 e. The fourth-order valence-electron chi connectivity index (χ4n) is 1.80. The lowest BCUT2D eigenvalue weighted by Crippen LogP contribution is -2.10. The topological polar surface area (TPSA) is 47.3 Å². The molecule has 1 aliphatic heterocycles. The van der Waals surface area contributed by atoms with Crippen molar-refractivity contribution in [3.63, 3.8) is 0 Å². The summed E-state index contributed by atoms with van der Waals surface area (Å²) in [5, 5.41) is 9.37. The molecule has 2 rings (SSSR count). The minimum atomic E-state index is -0.336. The number of aliphatic hydroxyl groups excluding tert-OH is 1. The van der Waals surface area contributed by atoms with Gasteiger partial charge in [0.15, 0.2) is 0 Å². The van der Waals surface area contributed by atoms with Gasteiger partial charge in [0.1, 0.15) is 11.9 Å². The number of ether oxygens (including phenoxy) is 1. The number of hydrogen-bond donors (Lipinski definition) is 1. The number of imidazole rings is 1. The van der Waals surface area contributed by atoms with Gasteiger partial charge >= 0.3 is 0 Å². The number of hydrogen-bond acceptors (Lipinski definition) is 3. The zero-order chi connectivity index (χ0) is 10.1. The van der Waals surface area contributed by atoms with Crippen LogP contribution in [0.4, 0.5) is 0 Å². The van der Waals surface area contributed by atoms with Crippen LogP contribution in [0.1, 0.15) is 38.2 Å². The van der Waals surface area contributed by atoms with E-state index in [1.54, 1.807) is 6.20 Å². The van der Waals surface area contributed by atoms with E-state index in [4.69, 9.17) is 4.74 Å². The third-order valence-corrected chi connectivity index (χ3v) is 2.52. The second-order valence-corrected chi connectivity index (χ2v) is 4.00. The molecule has 4 nitrogen and oxygen atoms in total. The van der Waals surface area contributed by atoms with Crippen LogP contribution in [0.25, 0.3) is 0 Å². The molecule has 1 aromatic heterocycles. The average molecular weight is 196 g/mol. The van der Waals surface area contributed by atoms with Crippen molar-refractivity contribution in [2.75, 3.05) is 6.61 Å². The Hall–Kier alpha value is -0.870. The number of nitrogens with zero attached hydrogens (tertiary/aromatic N) is 2. The van der Waals surface area contributed by atoms with Crippen molar-refractivity contribution in [1.82, 2.24) is 9.55 Å². The fourth-order valence-corrected chi connectivity index (χ4v) is 1.80. The van der Waals surface area contributed by atoms with Gasteiger partial charge in [-0.05, 0) is 13.8 Å². The van der Waals surface area contributed by atoms with Gasteiger partial charge in [-0.15, -0.1) is 0 Å². The zero-order valence-electron chi connectivity index (χ0n) is 8.55. The van der Waals surface area contributed by atoms with Crippen LogP contribution in [0.5, 0.6) is 0 Å². The van der Waals surface area contributed by atoms with Gasteiger partial charge in [-0.3, -0.25) is 0 Å². The first-order valence-corrected chi connectivity index (χ1v) is 5.01. The largest absolute Gasteiger partial charge is 0.391 e. The highest BCUT2D eigenvalue weighted by Gasteiger charge is 2.28. The molecule has 1 fully saturated rings. The van der Waals surface area contributed by atoms with E-state index in [1.807, 2.05) is 6.20 Å². The summed E-state index contributed by atoms with van der Waals surface area (Å²) < 4.78 is 7.55. The molecule has 78 valence electrons. The standard InChI is InChI=1S/C10H16N2O2/c1-7(2)12-4-3-11-10(12)9-5-8(13)6-14-9/h3-4,7-9,13H,5-6H2,1-2H3. The van der Waals surface area contributed by atoms with Crippen molar-refractivity contribution in [1.29, 1.82) is 0 Å². The van der Waals surface area contributed by atoms with E-state index in [0.29, 0.717) is 19.1 Å². The van der Waals surface area contributed by atoms with Crippen molar-refractivity contribution in [3.05, 3.63) is 18.2 Å². The quantitative estimate of drug-likeness (QED) is 0.775. The Bertz CT molecular complexity index is 309. The molecule has 14 heavy (non-hydrogen) atoms. The monoisotopic (exact) mass is 196 g/mol. The van der Waals surface area contributed by atoms with Gasteiger partial charge in [0.2, 0.25) is 0 Å². The normalized spacial score (nSPS) is 27.4. The van der Waals surface area contributed by atoms with Crippen molar-refractivity contribution in [2.24, 2.45) is 0 Å². The first-order chi connectivity index (χ1) is 6.68. The van der Waals surface area contributed by atoms with Crippen LogP contribution >= 0.6 is 0 Å². The molecule has 0 aliphatic carbocycles. The van der Waals surface area contributed by atoms with Gasteiger partial charge in [0, 0.05) is 24.9 Å². The van der Waals surface area contributed by atoms with E-state index >= 15 is 0 Å². The maximum atomic E-state index is 9.37. The summed E-state index contributed by atoms with van der Waals surface area (Å²) in [5.74, 6) is 0.927. The molecule has 0 aromatic carbocycles. The van der Waals surface area contributed by atoms with Crippen molar-refractivity contribution >= 4 is 0 Å². The second kappa shape index (κ2) is 3.71. The Morgan fingerprint density at radius 2 is 2.43 bits per heavy atom. The molecule has 2 atom stereocenters. The van der Waals surface area contributed by atoms with Gasteiger partial charge in [-0.25, -0.2) is 4.98 Å². The SMILES string of the molecule is CC(C)n1ccnc1C1CC(O)CO1. The molecule has 0 amide bonds. The maximum absolute atomic E-state index is 9.37. The fraction of sp³-hybridized carbons (Fsp3) is 0.700. The van der Waals surface area contributed by atoms with Crippen LogP contribution in [0.3, 0.4) is 0 Å². The van der Waals surface area contributed by atoms with Crippen molar-refractivity contribution in [2.45, 2.75) is 38.5 Å². The van der Waals surface area contributed by atoms with Gasteiger partial charge in [-0.1, -0.05) is 0 Å². The van der Waals surface area contributed by atoms with E-state index in [2.05, 4.69) is 23.4 Å². The highest BCUT2D eigenvalue weighted by Crippen LogP contribution is 2.28. The number of aliphatic hydroxyl groups is 1. The predicted octanol–water partition coefficient (Wildman–Crippen LogP) is 1.29. The summed E-state index contributed by atoms with van der Waals surface area (Å²) in [7, 11) is 0. The van der Waals surface area contributed by atoms with E-state index in [9.17, 15) is 5.11 Å². The third kappa shape index (κ3) is 1.67. The Balaban J connectivity index is 2.19. The molecule has 1 aliphatic rings. The lowest BCUT2D eigenvalue weighted by molar-refractivity contribution is 0.0820. The first-order valence-electron chi connectivity index (χ1n) is 5.01. The predicted molar refractivity (Wildman–Crippen MR) is 51.9 cm³/mol. The second-order valence-electron chi connectivity index (χ2n) is 4.00. The minimum Gasteiger partial charge on any atom is -0.391 e. The lowest BCUT2D eigenvalue weighted by atomic mass is 10.2. The van der Waals surface area contributed by atoms with Gasteiger partial charge in [-0.2, -0.15) is 0 Å². The Labute approximate surface area is 83.5 Å². The molecule has 2 unspecified atom stereocenters. The molecule has 2 heterocycles. The zero-order valence-corrected chi connectivity index (χ0v) is 8.55. The van der Waals surface area contributed by atoms with E-state index in [1.165, 1.54) is 0 Å². The number of aromatic nitrogens is 2. The van der Waals surface area contributed by atoms with Gasteiger partial charge in [0.25, 0.3) is 0 Å². The molecule has 1 aromatic rings. The van der Waals surface area contributed by atoms with Gasteiger partial charge in [0.05, 0.1) is 12.7 Å². The van der Waals surface area contributed by atoms with Crippen LogP contribution in [0, 0.1) is 0 Å².